The highest BCUT2D eigenvalue weighted by molar-refractivity contribution is 7.99. The Labute approximate surface area is 164 Å². The first-order valence-corrected chi connectivity index (χ1v) is 10.5. The van der Waals surface area contributed by atoms with E-state index in [2.05, 4.69) is 10.3 Å². The Hall–Kier alpha value is -2.19. The second-order valence-corrected chi connectivity index (χ2v) is 8.04. The topological polar surface area (TPSA) is 64.0 Å². The zero-order valence-corrected chi connectivity index (χ0v) is 16.7. The number of carbonyl (C=O) groups is 1. The molecule has 0 unspecified atom stereocenters. The Morgan fingerprint density at radius 2 is 2.15 bits per heavy atom. The number of thioether (sulfide) groups is 1. The number of amides is 1. The standard InChI is InChI=1S/C19H20FN3O2S2/c1-3-12(2)21-16(24)11-27-19-22-15-8-9-26-17(15)18(25)23(19)10-13-6-4-5-7-14(13)20/h4-9,12H,3,10-11H2,1-2H3,(H,21,24)/t12-/m0/s1. The molecular formula is C19H20FN3O2S2. The van der Waals surface area contributed by atoms with Crippen LogP contribution < -0.4 is 10.9 Å². The molecule has 1 N–H and O–H groups in total. The zero-order valence-electron chi connectivity index (χ0n) is 15.1. The Morgan fingerprint density at radius 3 is 2.89 bits per heavy atom. The van der Waals surface area contributed by atoms with Gasteiger partial charge in [0.2, 0.25) is 5.91 Å². The van der Waals surface area contributed by atoms with Crippen LogP contribution in [0, 0.1) is 5.82 Å². The van der Waals surface area contributed by atoms with E-state index in [-0.39, 0.29) is 35.6 Å². The summed E-state index contributed by atoms with van der Waals surface area (Å²) in [7, 11) is 0. The van der Waals surface area contributed by atoms with Crippen molar-refractivity contribution in [3.05, 3.63) is 57.4 Å². The molecule has 2 heterocycles. The van der Waals surface area contributed by atoms with Crippen LogP contribution in [0.2, 0.25) is 0 Å². The first kappa shape index (κ1) is 19.6. The lowest BCUT2D eigenvalue weighted by molar-refractivity contribution is -0.119. The van der Waals surface area contributed by atoms with Gasteiger partial charge in [-0.25, -0.2) is 9.37 Å². The number of hydrogen-bond acceptors (Lipinski definition) is 5. The van der Waals surface area contributed by atoms with Crippen molar-refractivity contribution in [2.45, 2.75) is 38.0 Å². The van der Waals surface area contributed by atoms with E-state index in [0.717, 1.165) is 6.42 Å². The van der Waals surface area contributed by atoms with Crippen LogP contribution >= 0.6 is 23.1 Å². The van der Waals surface area contributed by atoms with Crippen LogP contribution in [-0.2, 0) is 11.3 Å². The molecule has 0 spiro atoms. The van der Waals surface area contributed by atoms with Crippen LogP contribution in [0.4, 0.5) is 4.39 Å². The number of aromatic nitrogens is 2. The molecule has 0 aliphatic rings. The maximum atomic E-state index is 14.1. The molecule has 3 aromatic rings. The quantitative estimate of drug-likeness (QED) is 0.481. The van der Waals surface area contributed by atoms with Crippen molar-refractivity contribution in [1.29, 1.82) is 0 Å². The minimum absolute atomic E-state index is 0.0711. The van der Waals surface area contributed by atoms with Crippen molar-refractivity contribution < 1.29 is 9.18 Å². The van der Waals surface area contributed by atoms with Crippen LogP contribution in [-0.4, -0.2) is 27.3 Å². The monoisotopic (exact) mass is 405 g/mol. The van der Waals surface area contributed by atoms with Gasteiger partial charge < -0.3 is 5.32 Å². The van der Waals surface area contributed by atoms with Gasteiger partial charge in [-0.3, -0.25) is 14.2 Å². The fraction of sp³-hybridized carbons (Fsp3) is 0.316. The zero-order chi connectivity index (χ0) is 19.4. The van der Waals surface area contributed by atoms with Crippen LogP contribution in [0.3, 0.4) is 0 Å². The summed E-state index contributed by atoms with van der Waals surface area (Å²) in [6.45, 7) is 4.00. The Morgan fingerprint density at radius 1 is 1.37 bits per heavy atom. The van der Waals surface area contributed by atoms with Gasteiger partial charge in [0.25, 0.3) is 5.56 Å². The minimum atomic E-state index is -0.374. The van der Waals surface area contributed by atoms with Gasteiger partial charge in [0.15, 0.2) is 5.16 Å². The first-order valence-electron chi connectivity index (χ1n) is 8.63. The predicted octanol–water partition coefficient (Wildman–Crippen LogP) is 3.65. The van der Waals surface area contributed by atoms with Crippen LogP contribution in [0.1, 0.15) is 25.8 Å². The third-order valence-electron chi connectivity index (χ3n) is 4.17. The molecule has 142 valence electrons. The van der Waals surface area contributed by atoms with Gasteiger partial charge in [-0.2, -0.15) is 0 Å². The third kappa shape index (κ3) is 4.56. The van der Waals surface area contributed by atoms with Gasteiger partial charge in [-0.15, -0.1) is 11.3 Å². The lowest BCUT2D eigenvalue weighted by Gasteiger charge is -2.14. The maximum Gasteiger partial charge on any atom is 0.272 e. The molecule has 1 atom stereocenters. The van der Waals surface area contributed by atoms with E-state index in [1.807, 2.05) is 13.8 Å². The molecule has 0 aliphatic heterocycles. The largest absolute Gasteiger partial charge is 0.353 e. The fourth-order valence-electron chi connectivity index (χ4n) is 2.52. The fourth-order valence-corrected chi connectivity index (χ4v) is 4.11. The summed E-state index contributed by atoms with van der Waals surface area (Å²) < 4.78 is 16.1. The van der Waals surface area contributed by atoms with Gasteiger partial charge in [-0.1, -0.05) is 36.9 Å². The molecule has 27 heavy (non-hydrogen) atoms. The van der Waals surface area contributed by atoms with Gasteiger partial charge >= 0.3 is 0 Å². The number of carbonyl (C=O) groups excluding carboxylic acids is 1. The number of nitrogens with one attached hydrogen (secondary N) is 1. The number of benzene rings is 1. The van der Waals surface area contributed by atoms with Crippen molar-refractivity contribution in [1.82, 2.24) is 14.9 Å². The number of rotatable bonds is 7. The SMILES string of the molecule is CC[C@H](C)NC(=O)CSc1nc2ccsc2c(=O)n1Cc1ccccc1F. The molecule has 0 bridgehead atoms. The van der Waals surface area contributed by atoms with Crippen molar-refractivity contribution >= 4 is 39.2 Å². The van der Waals surface area contributed by atoms with Gasteiger partial charge in [0.05, 0.1) is 17.8 Å². The molecule has 0 saturated carbocycles. The summed E-state index contributed by atoms with van der Waals surface area (Å²) >= 11 is 2.50. The molecule has 2 aromatic heterocycles. The third-order valence-corrected chi connectivity index (χ3v) is 6.04. The lowest BCUT2D eigenvalue weighted by atomic mass is 10.2. The average molecular weight is 406 g/mol. The summed E-state index contributed by atoms with van der Waals surface area (Å²) in [5.41, 5.74) is 0.783. The first-order chi connectivity index (χ1) is 13.0. The normalized spacial score (nSPS) is 12.3. The van der Waals surface area contributed by atoms with Gasteiger partial charge in [0, 0.05) is 11.6 Å². The average Bonchev–Trinajstić information content (AvgIpc) is 3.12. The highest BCUT2D eigenvalue weighted by Crippen LogP contribution is 2.22. The van der Waals surface area contributed by atoms with Gasteiger partial charge in [-0.05, 0) is 30.9 Å². The van der Waals surface area contributed by atoms with E-state index in [0.29, 0.717) is 20.9 Å². The number of fused-ring (bicyclic) bond motifs is 1. The molecule has 0 saturated heterocycles. The Bertz CT molecular complexity index is 1020. The molecule has 8 heteroatoms. The summed E-state index contributed by atoms with van der Waals surface area (Å²) in [5.74, 6) is -0.350. The molecule has 5 nitrogen and oxygen atoms in total. The smallest absolute Gasteiger partial charge is 0.272 e. The minimum Gasteiger partial charge on any atom is -0.353 e. The summed E-state index contributed by atoms with van der Waals surface area (Å²) in [6.07, 6.45) is 0.841. The summed E-state index contributed by atoms with van der Waals surface area (Å²) in [4.78, 5) is 29.5. The molecule has 0 radical (unpaired) electrons. The molecule has 1 amide bonds. The van der Waals surface area contributed by atoms with Gasteiger partial charge in [0.1, 0.15) is 10.5 Å². The Kier molecular flexibility index (Phi) is 6.28. The van der Waals surface area contributed by atoms with Crippen molar-refractivity contribution in [3.63, 3.8) is 0 Å². The molecule has 0 aliphatic carbocycles. The number of nitrogens with zero attached hydrogens (tertiary/aromatic N) is 2. The molecule has 3 rings (SSSR count). The molecule has 1 aromatic carbocycles. The second kappa shape index (κ2) is 8.67. The highest BCUT2D eigenvalue weighted by atomic mass is 32.2. The van der Waals surface area contributed by atoms with E-state index in [1.54, 1.807) is 29.6 Å². The van der Waals surface area contributed by atoms with Crippen LogP contribution in [0.25, 0.3) is 10.2 Å². The number of hydrogen-bond donors (Lipinski definition) is 1. The molecular weight excluding hydrogens is 385 g/mol. The van der Waals surface area contributed by atoms with Crippen molar-refractivity contribution in [2.24, 2.45) is 0 Å². The number of thiophene rings is 1. The summed E-state index contributed by atoms with van der Waals surface area (Å²) in [5, 5.41) is 5.10. The lowest BCUT2D eigenvalue weighted by Crippen LogP contribution is -2.33. The summed E-state index contributed by atoms with van der Waals surface area (Å²) in [6, 6.07) is 8.21. The van der Waals surface area contributed by atoms with Crippen molar-refractivity contribution in [2.75, 3.05) is 5.75 Å². The number of halogens is 1. The van der Waals surface area contributed by atoms with E-state index in [1.165, 1.54) is 33.7 Å². The van der Waals surface area contributed by atoms with Crippen LogP contribution in [0.5, 0.6) is 0 Å². The van der Waals surface area contributed by atoms with Crippen molar-refractivity contribution in [3.8, 4) is 0 Å². The van der Waals surface area contributed by atoms with E-state index >= 15 is 0 Å². The van der Waals surface area contributed by atoms with Crippen LogP contribution in [0.15, 0.2) is 45.7 Å². The van der Waals surface area contributed by atoms with E-state index in [9.17, 15) is 14.0 Å². The maximum absolute atomic E-state index is 14.1. The predicted molar refractivity (Wildman–Crippen MR) is 108 cm³/mol. The Balaban J connectivity index is 1.92. The van der Waals surface area contributed by atoms with E-state index < -0.39 is 0 Å². The molecule has 0 fully saturated rings. The second-order valence-electron chi connectivity index (χ2n) is 6.18. The highest BCUT2D eigenvalue weighted by Gasteiger charge is 2.16. The van der Waals surface area contributed by atoms with E-state index in [4.69, 9.17) is 0 Å².